The Morgan fingerprint density at radius 1 is 1.39 bits per heavy atom. The number of hydrogen-bond acceptors (Lipinski definition) is 4. The van der Waals surface area contributed by atoms with Crippen LogP contribution in [-0.2, 0) is 14.3 Å². The minimum atomic E-state index is -0.227. The highest BCUT2D eigenvalue weighted by Crippen LogP contribution is 2.10. The van der Waals surface area contributed by atoms with Gasteiger partial charge < -0.3 is 20.7 Å². The van der Waals surface area contributed by atoms with E-state index in [9.17, 15) is 9.59 Å². The van der Waals surface area contributed by atoms with Crippen LogP contribution in [0, 0.1) is 0 Å². The number of morpholine rings is 1. The Labute approximate surface area is 105 Å². The quantitative estimate of drug-likeness (QED) is 0.742. The molecule has 3 N–H and O–H groups in total. The monoisotopic (exact) mass is 249 g/mol. The van der Waals surface area contributed by atoms with Crippen LogP contribution in [0.5, 0.6) is 0 Å². The second kappa shape index (κ2) is 5.50. The van der Waals surface area contributed by atoms with E-state index in [1.165, 1.54) is 4.90 Å². The Morgan fingerprint density at radius 2 is 2.11 bits per heavy atom. The maximum absolute atomic E-state index is 11.7. The van der Waals surface area contributed by atoms with E-state index in [1.54, 1.807) is 24.3 Å². The van der Waals surface area contributed by atoms with Crippen molar-refractivity contribution >= 4 is 23.2 Å². The Kier molecular flexibility index (Phi) is 3.78. The molecule has 1 heterocycles. The number of carbonyl (C=O) groups excluding carboxylic acids is 2. The van der Waals surface area contributed by atoms with Gasteiger partial charge in [0.1, 0.15) is 13.2 Å². The van der Waals surface area contributed by atoms with E-state index in [4.69, 9.17) is 10.5 Å². The number of benzene rings is 1. The van der Waals surface area contributed by atoms with Crippen LogP contribution in [0.2, 0.25) is 0 Å². The molecule has 0 atom stereocenters. The number of ether oxygens (including phenoxy) is 1. The fourth-order valence-corrected chi connectivity index (χ4v) is 1.66. The van der Waals surface area contributed by atoms with Gasteiger partial charge in [-0.25, -0.2) is 0 Å². The molecule has 0 radical (unpaired) electrons. The number of nitrogen functional groups attached to an aromatic ring is 1. The van der Waals surface area contributed by atoms with Gasteiger partial charge in [-0.15, -0.1) is 0 Å². The van der Waals surface area contributed by atoms with Crippen LogP contribution < -0.4 is 11.1 Å². The topological polar surface area (TPSA) is 84.7 Å². The Balaban J connectivity index is 1.88. The zero-order chi connectivity index (χ0) is 13.0. The van der Waals surface area contributed by atoms with E-state index >= 15 is 0 Å². The summed E-state index contributed by atoms with van der Waals surface area (Å²) in [6.45, 7) is 1.02. The highest BCUT2D eigenvalue weighted by Gasteiger charge is 2.20. The second-order valence-corrected chi connectivity index (χ2v) is 4.04. The van der Waals surface area contributed by atoms with Crippen molar-refractivity contribution in [2.75, 3.05) is 37.4 Å². The number of anilines is 2. The van der Waals surface area contributed by atoms with Crippen LogP contribution in [0.4, 0.5) is 11.4 Å². The number of rotatable bonds is 3. The molecule has 1 aliphatic rings. The molecule has 1 fully saturated rings. The summed E-state index contributed by atoms with van der Waals surface area (Å²) < 4.78 is 4.99. The highest BCUT2D eigenvalue weighted by molar-refractivity contribution is 5.94. The molecule has 0 saturated carbocycles. The summed E-state index contributed by atoms with van der Waals surface area (Å²) in [4.78, 5) is 24.6. The zero-order valence-corrected chi connectivity index (χ0v) is 9.89. The van der Waals surface area contributed by atoms with Crippen LogP contribution in [0.3, 0.4) is 0 Å². The van der Waals surface area contributed by atoms with E-state index in [0.29, 0.717) is 24.5 Å². The van der Waals surface area contributed by atoms with E-state index in [0.717, 1.165) is 0 Å². The van der Waals surface area contributed by atoms with Crippen molar-refractivity contribution in [1.82, 2.24) is 4.90 Å². The molecule has 6 nitrogen and oxygen atoms in total. The van der Waals surface area contributed by atoms with Gasteiger partial charge in [0.15, 0.2) is 0 Å². The van der Waals surface area contributed by atoms with Gasteiger partial charge >= 0.3 is 0 Å². The lowest BCUT2D eigenvalue weighted by molar-refractivity contribution is -0.144. The number of nitrogens with one attached hydrogen (secondary N) is 1. The van der Waals surface area contributed by atoms with Crippen molar-refractivity contribution in [3.05, 3.63) is 24.3 Å². The normalized spacial score (nSPS) is 15.6. The maximum atomic E-state index is 11.7. The molecule has 2 rings (SSSR count). The minimum Gasteiger partial charge on any atom is -0.399 e. The molecule has 6 heteroatoms. The summed E-state index contributed by atoms with van der Waals surface area (Å²) in [5.74, 6) is -0.385. The number of nitrogens with two attached hydrogens (primary N) is 1. The van der Waals surface area contributed by atoms with Gasteiger partial charge in [0.2, 0.25) is 11.8 Å². The second-order valence-electron chi connectivity index (χ2n) is 4.04. The van der Waals surface area contributed by atoms with Crippen molar-refractivity contribution in [1.29, 1.82) is 0 Å². The standard InChI is InChI=1S/C12H15N3O3/c13-9-1-3-10(4-2-9)14-11(16)7-15-5-6-18-8-12(15)17/h1-4H,5-8,13H2,(H,14,16). The van der Waals surface area contributed by atoms with Crippen molar-refractivity contribution < 1.29 is 14.3 Å². The molecule has 0 aliphatic carbocycles. The molecule has 96 valence electrons. The third-order valence-corrected chi connectivity index (χ3v) is 2.61. The first-order valence-corrected chi connectivity index (χ1v) is 5.66. The van der Waals surface area contributed by atoms with Crippen LogP contribution in [0.25, 0.3) is 0 Å². The molecular weight excluding hydrogens is 234 g/mol. The first-order valence-electron chi connectivity index (χ1n) is 5.66. The van der Waals surface area contributed by atoms with Crippen LogP contribution in [-0.4, -0.2) is 43.0 Å². The smallest absolute Gasteiger partial charge is 0.249 e. The molecule has 1 aliphatic heterocycles. The molecule has 0 bridgehead atoms. The average Bonchev–Trinajstić information content (AvgIpc) is 2.35. The van der Waals surface area contributed by atoms with Crippen molar-refractivity contribution in [2.24, 2.45) is 0 Å². The minimum absolute atomic E-state index is 0.0482. The number of nitrogens with zero attached hydrogens (tertiary/aromatic N) is 1. The van der Waals surface area contributed by atoms with E-state index < -0.39 is 0 Å². The van der Waals surface area contributed by atoms with Gasteiger partial charge in [-0.05, 0) is 24.3 Å². The number of hydrogen-bond donors (Lipinski definition) is 2. The average molecular weight is 249 g/mol. The molecule has 1 aromatic carbocycles. The van der Waals surface area contributed by atoms with Crippen LogP contribution in [0.15, 0.2) is 24.3 Å². The van der Waals surface area contributed by atoms with Crippen LogP contribution >= 0.6 is 0 Å². The Hall–Kier alpha value is -2.08. The lowest BCUT2D eigenvalue weighted by Gasteiger charge is -2.26. The zero-order valence-electron chi connectivity index (χ0n) is 9.89. The first kappa shape index (κ1) is 12.4. The van der Waals surface area contributed by atoms with E-state index in [2.05, 4.69) is 5.32 Å². The summed E-state index contributed by atoms with van der Waals surface area (Å²) in [5, 5.41) is 2.71. The van der Waals surface area contributed by atoms with Crippen molar-refractivity contribution in [3.63, 3.8) is 0 Å². The third kappa shape index (κ3) is 3.21. The fourth-order valence-electron chi connectivity index (χ4n) is 1.66. The Morgan fingerprint density at radius 3 is 2.78 bits per heavy atom. The Bertz CT molecular complexity index is 444. The molecule has 18 heavy (non-hydrogen) atoms. The fraction of sp³-hybridized carbons (Fsp3) is 0.333. The van der Waals surface area contributed by atoms with Gasteiger partial charge in [-0.1, -0.05) is 0 Å². The summed E-state index contributed by atoms with van der Waals surface area (Å²) in [7, 11) is 0. The van der Waals surface area contributed by atoms with Gasteiger partial charge in [-0.3, -0.25) is 9.59 Å². The predicted octanol–water partition coefficient (Wildman–Crippen LogP) is 0.0661. The van der Waals surface area contributed by atoms with Gasteiger partial charge in [0.25, 0.3) is 0 Å². The summed E-state index contributed by atoms with van der Waals surface area (Å²) in [6, 6.07) is 6.84. The molecule has 0 spiro atoms. The van der Waals surface area contributed by atoms with E-state index in [-0.39, 0.29) is 25.0 Å². The molecule has 0 aromatic heterocycles. The van der Waals surface area contributed by atoms with E-state index in [1.807, 2.05) is 0 Å². The first-order chi connectivity index (χ1) is 8.65. The molecular formula is C12H15N3O3. The van der Waals surface area contributed by atoms with Crippen molar-refractivity contribution in [3.8, 4) is 0 Å². The molecule has 0 unspecified atom stereocenters. The SMILES string of the molecule is Nc1ccc(NC(=O)CN2CCOCC2=O)cc1. The van der Waals surface area contributed by atoms with Crippen LogP contribution in [0.1, 0.15) is 0 Å². The molecule has 1 aromatic rings. The number of amides is 2. The molecule has 2 amide bonds. The van der Waals surface area contributed by atoms with Gasteiger partial charge in [-0.2, -0.15) is 0 Å². The largest absolute Gasteiger partial charge is 0.399 e. The summed E-state index contributed by atoms with van der Waals surface area (Å²) in [5.41, 5.74) is 6.84. The predicted molar refractivity (Wildman–Crippen MR) is 66.9 cm³/mol. The van der Waals surface area contributed by atoms with Gasteiger partial charge in [0.05, 0.1) is 6.61 Å². The lowest BCUT2D eigenvalue weighted by atomic mass is 10.3. The lowest BCUT2D eigenvalue weighted by Crippen LogP contribution is -2.45. The third-order valence-electron chi connectivity index (χ3n) is 2.61. The highest BCUT2D eigenvalue weighted by atomic mass is 16.5. The van der Waals surface area contributed by atoms with Gasteiger partial charge in [0, 0.05) is 17.9 Å². The molecule has 1 saturated heterocycles. The summed E-state index contributed by atoms with van der Waals surface area (Å²) in [6.07, 6.45) is 0. The summed E-state index contributed by atoms with van der Waals surface area (Å²) >= 11 is 0. The maximum Gasteiger partial charge on any atom is 0.249 e. The van der Waals surface area contributed by atoms with Crippen molar-refractivity contribution in [2.45, 2.75) is 0 Å². The number of carbonyl (C=O) groups is 2.